The Hall–Kier alpha value is -4.25. The molecular formula is C28H20N3O2+. The molecule has 0 aliphatic rings. The highest BCUT2D eigenvalue weighted by molar-refractivity contribution is 6.29. The van der Waals surface area contributed by atoms with Gasteiger partial charge in [-0.2, -0.15) is 0 Å². The van der Waals surface area contributed by atoms with E-state index in [4.69, 9.17) is 9.84 Å². The number of rotatable bonds is 3. The van der Waals surface area contributed by atoms with Crippen molar-refractivity contribution in [3.63, 3.8) is 0 Å². The summed E-state index contributed by atoms with van der Waals surface area (Å²) in [5, 5.41) is 13.3. The predicted molar refractivity (Wildman–Crippen MR) is 131 cm³/mol. The Morgan fingerprint density at radius 3 is 2.36 bits per heavy atom. The van der Waals surface area contributed by atoms with E-state index >= 15 is 0 Å². The molecule has 5 nitrogen and oxygen atoms in total. The highest BCUT2D eigenvalue weighted by Gasteiger charge is 2.24. The first kappa shape index (κ1) is 18.3. The van der Waals surface area contributed by atoms with Gasteiger partial charge in [0.15, 0.2) is 12.1 Å². The van der Waals surface area contributed by atoms with Crippen molar-refractivity contribution in [2.24, 2.45) is 0 Å². The SMILES string of the molecule is CCOC(=O)Cn1c2cccc3cccc(c32)[n+]2nc3c(cc12)c1cccc2cccc3c21. The Bertz CT molecular complexity index is 1870. The quantitative estimate of drug-likeness (QED) is 0.163. The number of carbonyl (C=O) groups excluding carboxylic acids is 1. The van der Waals surface area contributed by atoms with E-state index in [-0.39, 0.29) is 12.5 Å². The van der Waals surface area contributed by atoms with Crippen LogP contribution in [0, 0.1) is 0 Å². The molecule has 0 atom stereocenters. The van der Waals surface area contributed by atoms with Gasteiger partial charge >= 0.3 is 11.6 Å². The third-order valence-electron chi connectivity index (χ3n) is 6.64. The monoisotopic (exact) mass is 430 g/mol. The lowest BCUT2D eigenvalue weighted by atomic mass is 10.1. The van der Waals surface area contributed by atoms with Gasteiger partial charge in [0.05, 0.1) is 12.0 Å². The zero-order valence-corrected chi connectivity index (χ0v) is 18.1. The van der Waals surface area contributed by atoms with Crippen molar-refractivity contribution in [3.8, 4) is 0 Å². The van der Waals surface area contributed by atoms with E-state index in [1.807, 2.05) is 22.1 Å². The van der Waals surface area contributed by atoms with Crippen molar-refractivity contribution in [2.75, 3.05) is 6.61 Å². The van der Waals surface area contributed by atoms with Crippen LogP contribution < -0.4 is 4.52 Å². The summed E-state index contributed by atoms with van der Waals surface area (Å²) < 4.78 is 9.34. The normalized spacial score (nSPS) is 12.2. The zero-order valence-electron chi connectivity index (χ0n) is 18.1. The Morgan fingerprint density at radius 1 is 0.879 bits per heavy atom. The maximum atomic E-state index is 12.6. The van der Waals surface area contributed by atoms with Crippen LogP contribution in [0.15, 0.2) is 78.9 Å². The predicted octanol–water partition coefficient (Wildman–Crippen LogP) is 5.39. The van der Waals surface area contributed by atoms with Gasteiger partial charge in [-0.3, -0.25) is 0 Å². The molecule has 0 unspecified atom stereocenters. The molecule has 2 heterocycles. The van der Waals surface area contributed by atoms with Gasteiger partial charge < -0.3 is 4.74 Å². The number of carbonyl (C=O) groups is 1. The molecule has 0 saturated carbocycles. The molecule has 33 heavy (non-hydrogen) atoms. The fourth-order valence-corrected chi connectivity index (χ4v) is 5.33. The first-order valence-corrected chi connectivity index (χ1v) is 11.2. The van der Waals surface area contributed by atoms with Crippen LogP contribution in [0.3, 0.4) is 0 Å². The summed E-state index contributed by atoms with van der Waals surface area (Å²) in [6, 6.07) is 27.4. The number of ether oxygens (including phenoxy) is 1. The number of hydrogen-bond donors (Lipinski definition) is 0. The fourth-order valence-electron chi connectivity index (χ4n) is 5.33. The average Bonchev–Trinajstić information content (AvgIpc) is 3.16. The molecule has 0 fully saturated rings. The van der Waals surface area contributed by atoms with E-state index in [0.717, 1.165) is 43.7 Å². The van der Waals surface area contributed by atoms with E-state index in [0.29, 0.717) is 6.61 Å². The maximum Gasteiger partial charge on any atom is 0.348 e. The Kier molecular flexibility index (Phi) is 3.68. The molecule has 0 radical (unpaired) electrons. The topological polar surface area (TPSA) is 48.2 Å². The van der Waals surface area contributed by atoms with Crippen LogP contribution in [-0.4, -0.2) is 22.2 Å². The number of hydrogen-bond acceptors (Lipinski definition) is 3. The van der Waals surface area contributed by atoms with E-state index < -0.39 is 0 Å². The van der Waals surface area contributed by atoms with Crippen LogP contribution in [-0.2, 0) is 16.1 Å². The summed E-state index contributed by atoms with van der Waals surface area (Å²) >= 11 is 0. The van der Waals surface area contributed by atoms with Crippen molar-refractivity contribution in [1.29, 1.82) is 0 Å². The van der Waals surface area contributed by atoms with E-state index in [1.165, 1.54) is 16.2 Å². The van der Waals surface area contributed by atoms with Gasteiger partial charge in [0.2, 0.25) is 0 Å². The zero-order chi connectivity index (χ0) is 22.1. The lowest BCUT2D eigenvalue weighted by molar-refractivity contribution is -0.553. The fraction of sp³-hybridized carbons (Fsp3) is 0.107. The van der Waals surface area contributed by atoms with Gasteiger partial charge in [-0.05, 0) is 40.6 Å². The number of aromatic nitrogens is 3. The number of fused-ring (bicyclic) bond motifs is 5. The smallest absolute Gasteiger partial charge is 0.348 e. The highest BCUT2D eigenvalue weighted by atomic mass is 16.5. The Balaban J connectivity index is 1.72. The molecule has 5 aromatic carbocycles. The molecule has 0 aliphatic heterocycles. The van der Waals surface area contributed by atoms with Crippen LogP contribution in [0.25, 0.3) is 59.9 Å². The number of esters is 1. The van der Waals surface area contributed by atoms with Crippen molar-refractivity contribution in [3.05, 3.63) is 78.9 Å². The maximum absolute atomic E-state index is 12.6. The third-order valence-corrected chi connectivity index (χ3v) is 6.64. The standard InChI is InChI=1S/C28H20N3O2/c1-2-33-25(32)16-30-22-13-5-9-18-10-6-14-23(27(18)22)31-24(30)15-21-19-11-3-7-17-8-4-12-20(26(17)19)28(21)29-31/h3-15H,2,16H2,1H3/q+1. The number of benzene rings is 4. The third kappa shape index (κ3) is 2.44. The van der Waals surface area contributed by atoms with Gasteiger partial charge in [-0.15, -0.1) is 0 Å². The summed E-state index contributed by atoms with van der Waals surface area (Å²) in [5.74, 6) is -0.258. The lowest BCUT2D eigenvalue weighted by Crippen LogP contribution is -2.33. The summed E-state index contributed by atoms with van der Waals surface area (Å²) in [5.41, 5.74) is 3.84. The summed E-state index contributed by atoms with van der Waals surface area (Å²) in [4.78, 5) is 12.6. The Labute approximate surface area is 188 Å². The van der Waals surface area contributed by atoms with Gasteiger partial charge in [-0.1, -0.05) is 70.3 Å². The minimum absolute atomic E-state index is 0.124. The van der Waals surface area contributed by atoms with E-state index in [9.17, 15) is 4.79 Å². The second kappa shape index (κ2) is 6.62. The summed E-state index contributed by atoms with van der Waals surface area (Å²) in [7, 11) is 0. The molecule has 158 valence electrons. The second-order valence-electron chi connectivity index (χ2n) is 8.43. The van der Waals surface area contributed by atoms with Crippen LogP contribution in [0.1, 0.15) is 6.92 Å². The minimum Gasteiger partial charge on any atom is -0.463 e. The molecule has 0 bridgehead atoms. The molecule has 2 aromatic heterocycles. The second-order valence-corrected chi connectivity index (χ2v) is 8.43. The van der Waals surface area contributed by atoms with Crippen LogP contribution in [0.5, 0.6) is 0 Å². The molecule has 7 aromatic rings. The lowest BCUT2D eigenvalue weighted by Gasteiger charge is -2.11. The van der Waals surface area contributed by atoms with Gasteiger partial charge in [-0.25, -0.2) is 9.36 Å². The molecule has 0 aliphatic carbocycles. The largest absolute Gasteiger partial charge is 0.463 e. The van der Waals surface area contributed by atoms with E-state index in [1.54, 1.807) is 0 Å². The summed E-state index contributed by atoms with van der Waals surface area (Å²) in [6.45, 7) is 2.31. The van der Waals surface area contributed by atoms with Crippen LogP contribution >= 0.6 is 0 Å². The van der Waals surface area contributed by atoms with Crippen molar-refractivity contribution in [1.82, 2.24) is 9.67 Å². The molecule has 0 amide bonds. The van der Waals surface area contributed by atoms with Crippen molar-refractivity contribution >= 4 is 65.9 Å². The van der Waals surface area contributed by atoms with Gasteiger partial charge in [0.1, 0.15) is 11.0 Å². The highest BCUT2D eigenvalue weighted by Crippen LogP contribution is 2.37. The average molecular weight is 430 g/mol. The van der Waals surface area contributed by atoms with E-state index in [2.05, 4.69) is 72.8 Å². The number of nitrogens with zero attached hydrogens (tertiary/aromatic N) is 3. The molecule has 0 N–H and O–H groups in total. The summed E-state index contributed by atoms with van der Waals surface area (Å²) in [6.07, 6.45) is 0. The minimum atomic E-state index is -0.258. The first-order chi connectivity index (χ1) is 16.2. The van der Waals surface area contributed by atoms with Gasteiger partial charge in [0.25, 0.3) is 0 Å². The van der Waals surface area contributed by atoms with Crippen molar-refractivity contribution in [2.45, 2.75) is 13.5 Å². The molecule has 7 rings (SSSR count). The molecule has 0 saturated heterocycles. The molecular weight excluding hydrogens is 410 g/mol. The van der Waals surface area contributed by atoms with Gasteiger partial charge in [0, 0.05) is 16.8 Å². The Morgan fingerprint density at radius 2 is 1.58 bits per heavy atom. The van der Waals surface area contributed by atoms with Crippen LogP contribution in [0.2, 0.25) is 0 Å². The van der Waals surface area contributed by atoms with Crippen molar-refractivity contribution < 1.29 is 14.0 Å². The first-order valence-electron chi connectivity index (χ1n) is 11.2. The van der Waals surface area contributed by atoms with Crippen LogP contribution in [0.4, 0.5) is 0 Å². The molecule has 0 spiro atoms. The molecule has 5 heteroatoms.